The fourth-order valence-corrected chi connectivity index (χ4v) is 3.70. The molecule has 0 amide bonds. The van der Waals surface area contributed by atoms with Gasteiger partial charge in [-0.05, 0) is 44.4 Å². The van der Waals surface area contributed by atoms with E-state index in [0.29, 0.717) is 28.1 Å². The first-order valence-electron chi connectivity index (χ1n) is 7.27. The normalized spacial score (nSPS) is 26.4. The van der Waals surface area contributed by atoms with Crippen LogP contribution in [0, 0.1) is 16.7 Å². The van der Waals surface area contributed by atoms with E-state index in [1.165, 1.54) is 19.3 Å². The zero-order valence-electron chi connectivity index (χ0n) is 11.7. The van der Waals surface area contributed by atoms with Crippen molar-refractivity contribution in [2.24, 2.45) is 5.41 Å². The van der Waals surface area contributed by atoms with Gasteiger partial charge in [0, 0.05) is 23.8 Å². The Balaban J connectivity index is 1.72. The van der Waals surface area contributed by atoms with Gasteiger partial charge in [-0.1, -0.05) is 18.0 Å². The van der Waals surface area contributed by atoms with Crippen LogP contribution in [-0.4, -0.2) is 18.8 Å². The van der Waals surface area contributed by atoms with E-state index in [-0.39, 0.29) is 0 Å². The van der Waals surface area contributed by atoms with Gasteiger partial charge in [-0.15, -0.1) is 0 Å². The molecular weight excluding hydrogens is 272 g/mol. The molecule has 1 N–H and O–H groups in total. The Labute approximate surface area is 124 Å². The molecule has 0 aliphatic heterocycles. The molecule has 3 rings (SSSR count). The molecular formula is C16H19ClN2O. The third-order valence-corrected chi connectivity index (χ3v) is 5.19. The molecule has 0 saturated heterocycles. The number of ether oxygens (including phenoxy) is 1. The standard InChI is InChI=1S/C16H19ClN2O/c1-2-20-15-9-14(16(15)6-3-7-16)19-12-4-5-13(17)11(8-12)10-18/h4-5,8,14-15,19H,2-3,6-7,9H2,1H3. The van der Waals surface area contributed by atoms with Gasteiger partial charge in [0.15, 0.2) is 0 Å². The summed E-state index contributed by atoms with van der Waals surface area (Å²) >= 11 is 5.97. The molecule has 20 heavy (non-hydrogen) atoms. The largest absolute Gasteiger partial charge is 0.382 e. The highest BCUT2D eigenvalue weighted by molar-refractivity contribution is 6.31. The van der Waals surface area contributed by atoms with Crippen molar-refractivity contribution < 1.29 is 4.74 Å². The molecule has 3 nitrogen and oxygen atoms in total. The molecule has 1 aromatic rings. The van der Waals surface area contributed by atoms with E-state index < -0.39 is 0 Å². The predicted molar refractivity (Wildman–Crippen MR) is 79.9 cm³/mol. The van der Waals surface area contributed by atoms with E-state index in [1.54, 1.807) is 6.07 Å². The summed E-state index contributed by atoms with van der Waals surface area (Å²) in [5, 5.41) is 13.1. The van der Waals surface area contributed by atoms with Crippen LogP contribution in [-0.2, 0) is 4.74 Å². The topological polar surface area (TPSA) is 45.0 Å². The van der Waals surface area contributed by atoms with Crippen LogP contribution >= 0.6 is 11.6 Å². The molecule has 2 saturated carbocycles. The van der Waals surface area contributed by atoms with Crippen LogP contribution in [0.2, 0.25) is 5.02 Å². The second-order valence-electron chi connectivity index (χ2n) is 5.77. The van der Waals surface area contributed by atoms with Crippen LogP contribution in [0.1, 0.15) is 38.2 Å². The molecule has 2 unspecified atom stereocenters. The van der Waals surface area contributed by atoms with Crippen LogP contribution in [0.25, 0.3) is 0 Å². The minimum Gasteiger partial charge on any atom is -0.382 e. The molecule has 2 fully saturated rings. The van der Waals surface area contributed by atoms with Crippen molar-refractivity contribution in [1.29, 1.82) is 5.26 Å². The zero-order valence-corrected chi connectivity index (χ0v) is 12.4. The molecule has 0 bridgehead atoms. The van der Waals surface area contributed by atoms with E-state index in [9.17, 15) is 0 Å². The lowest BCUT2D eigenvalue weighted by Gasteiger charge is -2.61. The first kappa shape index (κ1) is 13.7. The second-order valence-corrected chi connectivity index (χ2v) is 6.18. The van der Waals surface area contributed by atoms with Crippen LogP contribution in [0.4, 0.5) is 5.69 Å². The van der Waals surface area contributed by atoms with Crippen molar-refractivity contribution in [3.05, 3.63) is 28.8 Å². The minimum absolute atomic E-state index is 0.322. The van der Waals surface area contributed by atoms with E-state index in [1.807, 2.05) is 12.1 Å². The van der Waals surface area contributed by atoms with Gasteiger partial charge in [-0.25, -0.2) is 0 Å². The summed E-state index contributed by atoms with van der Waals surface area (Å²) in [6.45, 7) is 2.85. The van der Waals surface area contributed by atoms with Crippen LogP contribution in [0.5, 0.6) is 0 Å². The fourth-order valence-electron chi connectivity index (χ4n) is 3.54. The molecule has 1 aromatic carbocycles. The molecule has 1 spiro atoms. The quantitative estimate of drug-likeness (QED) is 0.912. The number of nitrogens with one attached hydrogen (secondary N) is 1. The lowest BCUT2D eigenvalue weighted by molar-refractivity contribution is -0.157. The Morgan fingerprint density at radius 1 is 1.50 bits per heavy atom. The Morgan fingerprint density at radius 2 is 2.30 bits per heavy atom. The number of nitriles is 1. The van der Waals surface area contributed by atoms with Crippen molar-refractivity contribution in [2.75, 3.05) is 11.9 Å². The third-order valence-electron chi connectivity index (χ3n) is 4.87. The Hall–Kier alpha value is -1.24. The summed E-state index contributed by atoms with van der Waals surface area (Å²) < 4.78 is 5.85. The summed E-state index contributed by atoms with van der Waals surface area (Å²) in [5.41, 5.74) is 1.83. The van der Waals surface area contributed by atoms with Gasteiger partial charge in [0.1, 0.15) is 6.07 Å². The van der Waals surface area contributed by atoms with Gasteiger partial charge in [-0.3, -0.25) is 0 Å². The van der Waals surface area contributed by atoms with Gasteiger partial charge in [-0.2, -0.15) is 5.26 Å². The number of benzene rings is 1. The molecule has 0 radical (unpaired) electrons. The van der Waals surface area contributed by atoms with Crippen LogP contribution in [0.3, 0.4) is 0 Å². The molecule has 4 heteroatoms. The molecule has 106 valence electrons. The SMILES string of the molecule is CCOC1CC(Nc2ccc(Cl)c(C#N)c2)C12CCC2. The molecule has 0 heterocycles. The van der Waals surface area contributed by atoms with E-state index >= 15 is 0 Å². The zero-order chi connectivity index (χ0) is 14.2. The predicted octanol–water partition coefficient (Wildman–Crippen LogP) is 3.97. The van der Waals surface area contributed by atoms with Crippen molar-refractivity contribution >= 4 is 17.3 Å². The van der Waals surface area contributed by atoms with Gasteiger partial charge >= 0.3 is 0 Å². The van der Waals surface area contributed by atoms with Gasteiger partial charge in [0.05, 0.1) is 16.7 Å². The highest BCUT2D eigenvalue weighted by Crippen LogP contribution is 2.58. The van der Waals surface area contributed by atoms with Crippen molar-refractivity contribution in [3.63, 3.8) is 0 Å². The van der Waals surface area contributed by atoms with E-state index in [0.717, 1.165) is 18.7 Å². The molecule has 2 aliphatic carbocycles. The van der Waals surface area contributed by atoms with Crippen LogP contribution in [0.15, 0.2) is 18.2 Å². The number of hydrogen-bond donors (Lipinski definition) is 1. The Morgan fingerprint density at radius 3 is 2.90 bits per heavy atom. The van der Waals surface area contributed by atoms with Crippen molar-refractivity contribution in [3.8, 4) is 6.07 Å². The monoisotopic (exact) mass is 290 g/mol. The van der Waals surface area contributed by atoms with Gasteiger partial charge in [0.2, 0.25) is 0 Å². The lowest BCUT2D eigenvalue weighted by Crippen LogP contribution is -2.64. The van der Waals surface area contributed by atoms with Crippen LogP contribution < -0.4 is 5.32 Å². The number of anilines is 1. The summed E-state index contributed by atoms with van der Waals surface area (Å²) in [6.07, 6.45) is 5.24. The lowest BCUT2D eigenvalue weighted by atomic mass is 9.51. The Kier molecular flexibility index (Phi) is 3.62. The highest BCUT2D eigenvalue weighted by Gasteiger charge is 2.58. The van der Waals surface area contributed by atoms with E-state index in [2.05, 4.69) is 18.3 Å². The molecule has 2 atom stereocenters. The maximum absolute atomic E-state index is 9.04. The number of hydrogen-bond acceptors (Lipinski definition) is 3. The smallest absolute Gasteiger partial charge is 0.101 e. The maximum atomic E-state index is 9.04. The summed E-state index contributed by atoms with van der Waals surface area (Å²) in [5.74, 6) is 0. The summed E-state index contributed by atoms with van der Waals surface area (Å²) in [7, 11) is 0. The molecule has 0 aromatic heterocycles. The Bertz CT molecular complexity index is 548. The van der Waals surface area contributed by atoms with Gasteiger partial charge < -0.3 is 10.1 Å². The second kappa shape index (κ2) is 5.27. The maximum Gasteiger partial charge on any atom is 0.101 e. The summed E-state index contributed by atoms with van der Waals surface area (Å²) in [4.78, 5) is 0. The molecule has 2 aliphatic rings. The average Bonchev–Trinajstić information content (AvgIpc) is 2.37. The van der Waals surface area contributed by atoms with E-state index in [4.69, 9.17) is 21.6 Å². The van der Waals surface area contributed by atoms with Gasteiger partial charge in [0.25, 0.3) is 0 Å². The first-order chi connectivity index (χ1) is 9.69. The number of nitrogens with zero attached hydrogens (tertiary/aromatic N) is 1. The third kappa shape index (κ3) is 2.08. The fraction of sp³-hybridized carbons (Fsp3) is 0.562. The number of rotatable bonds is 4. The van der Waals surface area contributed by atoms with Crippen molar-refractivity contribution in [1.82, 2.24) is 0 Å². The van der Waals surface area contributed by atoms with Crippen molar-refractivity contribution in [2.45, 2.75) is 44.8 Å². The minimum atomic E-state index is 0.322. The average molecular weight is 291 g/mol. The first-order valence-corrected chi connectivity index (χ1v) is 7.65. The number of halogens is 1. The highest BCUT2D eigenvalue weighted by atomic mass is 35.5. The summed E-state index contributed by atoms with van der Waals surface area (Å²) in [6, 6.07) is 8.16.